The molecule has 0 saturated carbocycles. The Hall–Kier alpha value is -3.32. The van der Waals surface area contributed by atoms with Crippen molar-refractivity contribution in [3.8, 4) is 0 Å². The van der Waals surface area contributed by atoms with Crippen molar-refractivity contribution in [1.29, 1.82) is 4.78 Å². The van der Waals surface area contributed by atoms with E-state index in [0.29, 0.717) is 54.8 Å². The monoisotopic (exact) mass is 663 g/mol. The number of nitrogens with one attached hydrogen (secondary N) is 2. The van der Waals surface area contributed by atoms with Crippen LogP contribution in [0.25, 0.3) is 0 Å². The number of benzene rings is 2. The Morgan fingerprint density at radius 2 is 1.64 bits per heavy atom. The van der Waals surface area contributed by atoms with E-state index < -0.39 is 31.3 Å². The third kappa shape index (κ3) is 10.4. The number of sulfonamides is 1. The number of carbonyl (C=O) groups excluding carboxylic acids is 2. The Kier molecular flexibility index (Phi) is 11.9. The average Bonchev–Trinajstić information content (AvgIpc) is 2.97. The number of nitrogens with zero attached hydrogens (tertiary/aromatic N) is 3. The van der Waals surface area contributed by atoms with Gasteiger partial charge in [-0.25, -0.2) is 22.2 Å². The van der Waals surface area contributed by atoms with Crippen molar-refractivity contribution in [2.45, 2.75) is 70.8 Å². The standard InChI is InChI=1S/C32H49N5O6S2/c1-8-9-10-24(2)17-22-45(33,42)27-14-11-25(12-15-27)34-30(38)28-23-26(13-16-29(28)35(6)44(7,40)41)36-18-20-37(21-19-36)31(39)43-32(3,4)5/h11-16,23-24,33H,8-10,17-22H2,1-7H3,(H,34,38)/t24-,45?/m1/s1. The minimum atomic E-state index is -3.66. The summed E-state index contributed by atoms with van der Waals surface area (Å²) in [7, 11) is -5.24. The molecule has 250 valence electrons. The van der Waals surface area contributed by atoms with Crippen molar-refractivity contribution in [3.05, 3.63) is 48.0 Å². The van der Waals surface area contributed by atoms with E-state index in [0.717, 1.165) is 29.8 Å². The normalized spacial score (nSPS) is 16.1. The average molecular weight is 664 g/mol. The number of piperazine rings is 1. The summed E-state index contributed by atoms with van der Waals surface area (Å²) in [5.41, 5.74) is 0.927. The highest BCUT2D eigenvalue weighted by atomic mass is 32.2. The summed E-state index contributed by atoms with van der Waals surface area (Å²) >= 11 is 0. The van der Waals surface area contributed by atoms with Gasteiger partial charge in [0.15, 0.2) is 0 Å². The molecule has 0 radical (unpaired) electrons. The van der Waals surface area contributed by atoms with Gasteiger partial charge in [-0.2, -0.15) is 0 Å². The first-order chi connectivity index (χ1) is 20.9. The molecule has 2 aromatic rings. The molecular weight excluding hydrogens is 615 g/mol. The fourth-order valence-corrected chi connectivity index (χ4v) is 7.03. The Balaban J connectivity index is 1.78. The van der Waals surface area contributed by atoms with E-state index in [4.69, 9.17) is 9.52 Å². The largest absolute Gasteiger partial charge is 0.444 e. The second-order valence-electron chi connectivity index (χ2n) is 12.8. The zero-order valence-electron chi connectivity index (χ0n) is 27.6. The smallest absolute Gasteiger partial charge is 0.410 e. The first-order valence-electron chi connectivity index (χ1n) is 15.4. The van der Waals surface area contributed by atoms with Crippen molar-refractivity contribution in [3.63, 3.8) is 0 Å². The number of amides is 2. The second kappa shape index (κ2) is 14.8. The summed E-state index contributed by atoms with van der Waals surface area (Å²) in [6.45, 7) is 11.6. The van der Waals surface area contributed by atoms with Crippen LogP contribution in [0.2, 0.25) is 0 Å². The van der Waals surface area contributed by atoms with E-state index in [9.17, 15) is 22.2 Å². The maximum absolute atomic E-state index is 13.6. The van der Waals surface area contributed by atoms with Gasteiger partial charge in [0.2, 0.25) is 10.0 Å². The number of rotatable bonds is 12. The molecule has 0 aliphatic carbocycles. The van der Waals surface area contributed by atoms with Gasteiger partial charge in [-0.3, -0.25) is 9.10 Å². The Morgan fingerprint density at radius 1 is 1.02 bits per heavy atom. The van der Waals surface area contributed by atoms with E-state index >= 15 is 0 Å². The van der Waals surface area contributed by atoms with E-state index in [1.54, 1.807) is 47.4 Å². The molecule has 1 fully saturated rings. The molecule has 45 heavy (non-hydrogen) atoms. The van der Waals surface area contributed by atoms with Gasteiger partial charge < -0.3 is 19.9 Å². The van der Waals surface area contributed by atoms with Crippen LogP contribution < -0.4 is 14.5 Å². The van der Waals surface area contributed by atoms with Gasteiger partial charge in [0, 0.05) is 55.2 Å². The van der Waals surface area contributed by atoms with Gasteiger partial charge in [-0.15, -0.1) is 0 Å². The topological polar surface area (TPSA) is 140 Å². The van der Waals surface area contributed by atoms with Crippen LogP contribution in [-0.2, 0) is 24.5 Å². The lowest BCUT2D eigenvalue weighted by atomic mass is 10.0. The Labute approximate surface area is 269 Å². The summed E-state index contributed by atoms with van der Waals surface area (Å²) in [6, 6.07) is 11.5. The van der Waals surface area contributed by atoms with Crippen molar-refractivity contribution >= 4 is 48.8 Å². The van der Waals surface area contributed by atoms with Crippen LogP contribution in [0.3, 0.4) is 0 Å². The fraction of sp³-hybridized carbons (Fsp3) is 0.562. The second-order valence-corrected chi connectivity index (χ2v) is 17.0. The molecule has 1 aliphatic heterocycles. The lowest BCUT2D eigenvalue weighted by Gasteiger charge is -2.37. The van der Waals surface area contributed by atoms with E-state index in [1.165, 1.54) is 7.05 Å². The highest BCUT2D eigenvalue weighted by molar-refractivity contribution is 7.92. The molecule has 0 spiro atoms. The minimum absolute atomic E-state index is 0.157. The van der Waals surface area contributed by atoms with Gasteiger partial charge >= 0.3 is 6.09 Å². The zero-order valence-corrected chi connectivity index (χ0v) is 29.2. The molecule has 11 nitrogen and oxygen atoms in total. The Morgan fingerprint density at radius 3 is 2.20 bits per heavy atom. The Bertz CT molecular complexity index is 1550. The molecule has 1 saturated heterocycles. The van der Waals surface area contributed by atoms with Crippen LogP contribution in [0, 0.1) is 10.7 Å². The molecule has 1 aliphatic rings. The van der Waals surface area contributed by atoms with Gasteiger partial charge in [0.25, 0.3) is 5.91 Å². The van der Waals surface area contributed by atoms with Crippen molar-refractivity contribution < 1.29 is 27.0 Å². The van der Waals surface area contributed by atoms with E-state index in [1.807, 2.05) is 25.7 Å². The molecule has 13 heteroatoms. The molecular formula is C32H49N5O6S2. The molecule has 1 heterocycles. The van der Waals surface area contributed by atoms with Crippen LogP contribution in [-0.4, -0.2) is 80.4 Å². The molecule has 2 aromatic carbocycles. The van der Waals surface area contributed by atoms with Gasteiger partial charge in [-0.1, -0.05) is 33.1 Å². The number of ether oxygens (including phenoxy) is 1. The highest BCUT2D eigenvalue weighted by Crippen LogP contribution is 2.29. The molecule has 2 atom stereocenters. The van der Waals surface area contributed by atoms with E-state index in [2.05, 4.69) is 19.2 Å². The SMILES string of the molecule is CCCC[C@@H](C)CCS(=N)(=O)c1ccc(NC(=O)c2cc(N3CCN(C(=O)OC(C)(C)C)CC3)ccc2N(C)S(C)(=O)=O)cc1. The summed E-state index contributed by atoms with van der Waals surface area (Å²) in [5.74, 6) is 0.168. The first kappa shape index (κ1) is 36.2. The summed E-state index contributed by atoms with van der Waals surface area (Å²) in [5, 5.41) is 2.83. The van der Waals surface area contributed by atoms with Gasteiger partial charge in [0.05, 0.1) is 27.2 Å². The van der Waals surface area contributed by atoms with Crippen molar-refractivity contribution in [2.75, 3.05) is 59.8 Å². The van der Waals surface area contributed by atoms with Crippen LogP contribution in [0.4, 0.5) is 21.9 Å². The molecule has 1 unspecified atom stereocenters. The number of hydrogen-bond donors (Lipinski definition) is 2. The number of carbonyl (C=O) groups is 2. The first-order valence-corrected chi connectivity index (χ1v) is 19.0. The zero-order chi connectivity index (χ0) is 33.6. The maximum atomic E-state index is 13.6. The van der Waals surface area contributed by atoms with Gasteiger partial charge in [-0.05, 0) is 75.6 Å². The lowest BCUT2D eigenvalue weighted by molar-refractivity contribution is 0.0240. The number of anilines is 3. The third-order valence-electron chi connectivity index (χ3n) is 7.80. The van der Waals surface area contributed by atoms with E-state index in [-0.39, 0.29) is 23.1 Å². The lowest BCUT2D eigenvalue weighted by Crippen LogP contribution is -2.50. The van der Waals surface area contributed by atoms with Crippen molar-refractivity contribution in [1.82, 2.24) is 4.90 Å². The van der Waals surface area contributed by atoms with Crippen molar-refractivity contribution in [2.24, 2.45) is 5.92 Å². The minimum Gasteiger partial charge on any atom is -0.444 e. The van der Waals surface area contributed by atoms with Crippen LogP contribution >= 0.6 is 0 Å². The summed E-state index contributed by atoms with van der Waals surface area (Å²) in [4.78, 5) is 30.2. The maximum Gasteiger partial charge on any atom is 0.410 e. The van der Waals surface area contributed by atoms with Crippen LogP contribution in [0.15, 0.2) is 47.4 Å². The number of hydrogen-bond acceptors (Lipinski definition) is 8. The predicted molar refractivity (Wildman–Crippen MR) is 181 cm³/mol. The predicted octanol–water partition coefficient (Wildman–Crippen LogP) is 6.01. The molecule has 2 N–H and O–H groups in total. The van der Waals surface area contributed by atoms with Crippen LogP contribution in [0.1, 0.15) is 70.7 Å². The summed E-state index contributed by atoms with van der Waals surface area (Å²) in [6.07, 6.45) is 4.68. The molecule has 3 rings (SSSR count). The molecule has 2 amide bonds. The van der Waals surface area contributed by atoms with Gasteiger partial charge in [0.1, 0.15) is 5.60 Å². The highest BCUT2D eigenvalue weighted by Gasteiger charge is 2.27. The quantitative estimate of drug-likeness (QED) is 0.283. The summed E-state index contributed by atoms with van der Waals surface area (Å²) < 4.78 is 53.0. The number of unbranched alkanes of at least 4 members (excludes halogenated alkanes) is 1. The molecule has 0 bridgehead atoms. The van der Waals surface area contributed by atoms with Crippen LogP contribution in [0.5, 0.6) is 0 Å². The third-order valence-corrected chi connectivity index (χ3v) is 10.8. The molecule has 0 aromatic heterocycles. The fourth-order valence-electron chi connectivity index (χ4n) is 4.97.